The number of ether oxygens (including phenoxy) is 2. The monoisotopic (exact) mass is 616 g/mol. The van der Waals surface area contributed by atoms with Crippen molar-refractivity contribution in [2.75, 3.05) is 6.54 Å². The van der Waals surface area contributed by atoms with Gasteiger partial charge in [-0.05, 0) is 72.4 Å². The number of nitrogens with zero attached hydrogens (tertiary/aromatic N) is 4. The van der Waals surface area contributed by atoms with E-state index in [0.29, 0.717) is 35.2 Å². The van der Waals surface area contributed by atoms with Crippen molar-refractivity contribution < 1.29 is 19.1 Å². The van der Waals surface area contributed by atoms with Gasteiger partial charge in [0.1, 0.15) is 22.9 Å². The van der Waals surface area contributed by atoms with E-state index in [0.717, 1.165) is 29.7 Å². The van der Waals surface area contributed by atoms with Crippen molar-refractivity contribution in [2.24, 2.45) is 10.7 Å². The normalized spacial score (nSPS) is 16.6. The van der Waals surface area contributed by atoms with E-state index < -0.39 is 17.3 Å². The molecule has 1 aliphatic heterocycles. The van der Waals surface area contributed by atoms with Crippen molar-refractivity contribution in [1.82, 2.24) is 30.2 Å². The van der Waals surface area contributed by atoms with Crippen LogP contribution in [0.3, 0.4) is 0 Å². The molecule has 12 heteroatoms. The molecule has 0 radical (unpaired) electrons. The molecule has 2 aromatic heterocycles. The van der Waals surface area contributed by atoms with Crippen LogP contribution in [0, 0.1) is 0 Å². The van der Waals surface area contributed by atoms with Gasteiger partial charge in [-0.3, -0.25) is 9.89 Å². The molecule has 0 bridgehead atoms. The molecule has 3 aromatic rings. The predicted molar refractivity (Wildman–Crippen MR) is 175 cm³/mol. The van der Waals surface area contributed by atoms with Gasteiger partial charge in [-0.25, -0.2) is 19.6 Å². The summed E-state index contributed by atoms with van der Waals surface area (Å²) < 4.78 is 10.9. The highest BCUT2D eigenvalue weighted by Gasteiger charge is 2.35. The molecular formula is C33H44N8O4. The molecule has 1 aromatic carbocycles. The lowest BCUT2D eigenvalue weighted by Crippen LogP contribution is -2.36. The largest absolute Gasteiger partial charge is 0.444 e. The summed E-state index contributed by atoms with van der Waals surface area (Å²) in [4.78, 5) is 46.6. The first-order valence-corrected chi connectivity index (χ1v) is 15.0. The molecule has 12 nitrogen and oxygen atoms in total. The van der Waals surface area contributed by atoms with E-state index in [4.69, 9.17) is 15.2 Å². The summed E-state index contributed by atoms with van der Waals surface area (Å²) in [6, 6.07) is 7.16. The molecule has 0 spiro atoms. The lowest BCUT2D eigenvalue weighted by atomic mass is 10.1. The fourth-order valence-electron chi connectivity index (χ4n) is 4.77. The highest BCUT2D eigenvalue weighted by Crippen LogP contribution is 2.32. The van der Waals surface area contributed by atoms with E-state index in [9.17, 15) is 9.59 Å². The smallest absolute Gasteiger partial charge is 0.410 e. The fourth-order valence-corrected chi connectivity index (χ4v) is 4.77. The number of imidazole rings is 2. The van der Waals surface area contributed by atoms with Crippen molar-refractivity contribution in [3.8, 4) is 11.3 Å². The van der Waals surface area contributed by atoms with Crippen LogP contribution in [0.25, 0.3) is 22.5 Å². The minimum Gasteiger partial charge on any atom is -0.444 e. The van der Waals surface area contributed by atoms with Gasteiger partial charge >= 0.3 is 12.2 Å². The van der Waals surface area contributed by atoms with Gasteiger partial charge in [0.25, 0.3) is 0 Å². The van der Waals surface area contributed by atoms with Crippen molar-refractivity contribution in [3.05, 3.63) is 72.3 Å². The molecule has 0 saturated carbocycles. The first kappa shape index (κ1) is 33.0. The van der Waals surface area contributed by atoms with E-state index in [1.165, 1.54) is 6.20 Å². The first-order chi connectivity index (χ1) is 21.1. The molecule has 1 saturated heterocycles. The summed E-state index contributed by atoms with van der Waals surface area (Å²) in [5.41, 5.74) is 9.20. The van der Waals surface area contributed by atoms with E-state index in [2.05, 4.69) is 36.8 Å². The van der Waals surface area contributed by atoms with Crippen LogP contribution in [0.15, 0.2) is 54.4 Å². The van der Waals surface area contributed by atoms with E-state index in [1.54, 1.807) is 23.5 Å². The minimum atomic E-state index is -0.583. The Labute approximate surface area is 264 Å². The van der Waals surface area contributed by atoms with Crippen LogP contribution in [0.2, 0.25) is 0 Å². The summed E-state index contributed by atoms with van der Waals surface area (Å²) in [7, 11) is 0. The molecular weight excluding hydrogens is 572 g/mol. The average Bonchev–Trinajstić information content (AvgIpc) is 3.72. The molecule has 1 aliphatic rings. The Hall–Kier alpha value is -4.87. The summed E-state index contributed by atoms with van der Waals surface area (Å²) in [6.07, 6.45) is 7.29. The number of nitrogens with two attached hydrogens (primary N) is 1. The molecule has 3 heterocycles. The summed E-state index contributed by atoms with van der Waals surface area (Å²) in [6.45, 7) is 17.6. The summed E-state index contributed by atoms with van der Waals surface area (Å²) in [5.74, 6) is 1.29. The maximum Gasteiger partial charge on any atom is 0.410 e. The lowest BCUT2D eigenvalue weighted by Gasteiger charge is -2.27. The Bertz CT molecular complexity index is 1570. The number of nitrogens with one attached hydrogen (secondary N) is 3. The number of hydrogen-bond acceptors (Lipinski definition) is 8. The van der Waals surface area contributed by atoms with Gasteiger partial charge < -0.3 is 30.5 Å². The van der Waals surface area contributed by atoms with Crippen LogP contribution < -0.4 is 11.1 Å². The van der Waals surface area contributed by atoms with Gasteiger partial charge in [0.2, 0.25) is 0 Å². The highest BCUT2D eigenvalue weighted by atomic mass is 16.6. The molecule has 4 rings (SSSR count). The van der Waals surface area contributed by atoms with Crippen LogP contribution in [0.5, 0.6) is 0 Å². The van der Waals surface area contributed by atoms with Gasteiger partial charge in [-0.1, -0.05) is 30.8 Å². The Morgan fingerprint density at radius 1 is 1.09 bits per heavy atom. The number of hydrogen-bond donors (Lipinski definition) is 4. The molecule has 2 atom stereocenters. The maximum absolute atomic E-state index is 12.7. The number of aliphatic imine (C=N–C) groups is 1. The Morgan fingerprint density at radius 2 is 1.78 bits per heavy atom. The number of alkyl carbamates (subject to hydrolysis) is 1. The van der Waals surface area contributed by atoms with Gasteiger partial charge in [-0.2, -0.15) is 0 Å². The zero-order chi connectivity index (χ0) is 32.9. The third kappa shape index (κ3) is 8.84. The Morgan fingerprint density at radius 3 is 2.42 bits per heavy atom. The van der Waals surface area contributed by atoms with Crippen LogP contribution >= 0.6 is 0 Å². The van der Waals surface area contributed by atoms with E-state index >= 15 is 0 Å². The first-order valence-electron chi connectivity index (χ1n) is 15.0. The zero-order valence-corrected chi connectivity index (χ0v) is 27.1. The lowest BCUT2D eigenvalue weighted by molar-refractivity contribution is 0.0218. The van der Waals surface area contributed by atoms with E-state index in [1.807, 2.05) is 72.7 Å². The second kappa shape index (κ2) is 13.4. The molecule has 0 unspecified atom stereocenters. The van der Waals surface area contributed by atoms with Crippen LogP contribution in [0.4, 0.5) is 9.59 Å². The summed E-state index contributed by atoms with van der Waals surface area (Å²) in [5, 5.41) is 2.79. The average molecular weight is 617 g/mol. The fraction of sp³-hybridized carbons (Fsp3) is 0.424. The number of carbonyl (C=O) groups is 2. The number of aromatic amines is 2. The van der Waals surface area contributed by atoms with E-state index in [-0.39, 0.29) is 18.2 Å². The quantitative estimate of drug-likeness (QED) is 0.210. The molecule has 1 fully saturated rings. The number of aromatic nitrogens is 4. The molecule has 5 N–H and O–H groups in total. The van der Waals surface area contributed by atoms with Gasteiger partial charge in [-0.15, -0.1) is 0 Å². The number of carbonyl (C=O) groups excluding carboxylic acids is 2. The number of benzene rings is 1. The molecule has 45 heavy (non-hydrogen) atoms. The second-order valence-electron chi connectivity index (χ2n) is 13.0. The standard InChI is InChI=1S/C33H44N8O4/c1-20(22-11-13-23(14-12-22)25-18-36-28(39-25)21(2)38-30(42)44-32(3,4)5)35-17-24(16-34)26-19-37-29(40-26)27-10-9-15-41(27)31(43)45-33(6,7)8/h11-14,16-19,21,27H,1,9-10,15,34H2,2-8H3,(H,36,39)(H,37,40)(H,38,42)/b24-16+,35-17?/t21-,27-/m0/s1. The maximum atomic E-state index is 12.7. The second-order valence-corrected chi connectivity index (χ2v) is 13.0. The predicted octanol–water partition coefficient (Wildman–Crippen LogP) is 6.50. The van der Waals surface area contributed by atoms with Crippen molar-refractivity contribution in [1.29, 1.82) is 0 Å². The van der Waals surface area contributed by atoms with Crippen molar-refractivity contribution in [2.45, 2.75) is 84.6 Å². The van der Waals surface area contributed by atoms with Crippen molar-refractivity contribution in [3.63, 3.8) is 0 Å². The number of H-pyrrole nitrogens is 2. The van der Waals surface area contributed by atoms with Gasteiger partial charge in [0, 0.05) is 24.5 Å². The highest BCUT2D eigenvalue weighted by molar-refractivity contribution is 6.10. The molecule has 0 aliphatic carbocycles. The van der Waals surface area contributed by atoms with Gasteiger partial charge in [0.05, 0.1) is 41.6 Å². The van der Waals surface area contributed by atoms with Gasteiger partial charge in [0.15, 0.2) is 0 Å². The van der Waals surface area contributed by atoms with Crippen LogP contribution in [0.1, 0.15) is 96.3 Å². The SMILES string of the molecule is C=C(N=C/C(=C\N)c1cnc([C@@H]2CCCN2C(=O)OC(C)(C)C)[nH]1)c1ccc(-c2cnc([C@H](C)NC(=O)OC(C)(C)C)[nH]2)cc1. The third-order valence-corrected chi connectivity index (χ3v) is 6.91. The third-order valence-electron chi connectivity index (χ3n) is 6.91. The number of likely N-dealkylation sites (tertiary alicyclic amines) is 1. The Balaban J connectivity index is 1.38. The number of amides is 2. The zero-order valence-electron chi connectivity index (χ0n) is 27.1. The minimum absolute atomic E-state index is 0.201. The van der Waals surface area contributed by atoms with Crippen molar-refractivity contribution >= 4 is 29.7 Å². The number of allylic oxidation sites excluding steroid dienone is 1. The van der Waals surface area contributed by atoms with Crippen LogP contribution in [-0.4, -0.2) is 61.0 Å². The topological polar surface area (TPSA) is 164 Å². The number of rotatable bonds is 8. The Kier molecular flexibility index (Phi) is 9.84. The molecule has 240 valence electrons. The molecule has 2 amide bonds. The summed E-state index contributed by atoms with van der Waals surface area (Å²) >= 11 is 0. The van der Waals surface area contributed by atoms with Crippen LogP contribution in [-0.2, 0) is 9.47 Å².